The fourth-order valence-electron chi connectivity index (χ4n) is 6.31. The molecule has 7 heteroatoms. The lowest BCUT2D eigenvalue weighted by molar-refractivity contribution is -0.148. The number of allylic oxidation sites excluding steroid dienone is 2. The van der Waals surface area contributed by atoms with Crippen molar-refractivity contribution < 1.29 is 24.2 Å². The van der Waals surface area contributed by atoms with E-state index in [2.05, 4.69) is 12.2 Å². The molecule has 3 aliphatic carbocycles. The van der Waals surface area contributed by atoms with E-state index in [0.717, 1.165) is 60.1 Å². The van der Waals surface area contributed by atoms with Crippen LogP contribution in [0.5, 0.6) is 0 Å². The quantitative estimate of drug-likeness (QED) is 0.458. The van der Waals surface area contributed by atoms with Gasteiger partial charge in [-0.2, -0.15) is 0 Å². The van der Waals surface area contributed by atoms with Gasteiger partial charge in [0.15, 0.2) is 0 Å². The van der Waals surface area contributed by atoms with E-state index in [1.807, 2.05) is 13.8 Å². The smallest absolute Gasteiger partial charge is 0.341 e. The molecule has 0 spiro atoms. The summed E-state index contributed by atoms with van der Waals surface area (Å²) >= 11 is 1.47. The first kappa shape index (κ1) is 23.0. The molecule has 1 aromatic rings. The zero-order valence-electron chi connectivity index (χ0n) is 19.3. The highest BCUT2D eigenvalue weighted by molar-refractivity contribution is 7.17. The molecule has 2 bridgehead atoms. The number of rotatable bonds is 6. The summed E-state index contributed by atoms with van der Waals surface area (Å²) in [5, 5.41) is 13.5. The number of amides is 1. The van der Waals surface area contributed by atoms with E-state index >= 15 is 0 Å². The maximum Gasteiger partial charge on any atom is 0.341 e. The molecule has 0 aliphatic heterocycles. The normalized spacial score (nSPS) is 28.4. The van der Waals surface area contributed by atoms with Crippen LogP contribution in [0.25, 0.3) is 0 Å². The van der Waals surface area contributed by atoms with Crippen molar-refractivity contribution in [2.75, 3.05) is 11.9 Å². The largest absolute Gasteiger partial charge is 0.481 e. The predicted octanol–water partition coefficient (Wildman–Crippen LogP) is 5.07. The Morgan fingerprint density at radius 3 is 2.38 bits per heavy atom. The number of carboxylic acid groups (broad SMARTS) is 1. The first-order valence-electron chi connectivity index (χ1n) is 11.8. The molecule has 174 valence electrons. The van der Waals surface area contributed by atoms with E-state index in [4.69, 9.17) is 4.74 Å². The lowest BCUT2D eigenvalue weighted by atomic mass is 9.78. The molecular formula is C25H33NO5S. The Morgan fingerprint density at radius 2 is 1.78 bits per heavy atom. The van der Waals surface area contributed by atoms with Gasteiger partial charge in [-0.05, 0) is 76.2 Å². The van der Waals surface area contributed by atoms with E-state index in [1.165, 1.54) is 11.3 Å². The van der Waals surface area contributed by atoms with Gasteiger partial charge in [-0.3, -0.25) is 9.59 Å². The summed E-state index contributed by atoms with van der Waals surface area (Å²) in [5.74, 6) is -2.40. The van der Waals surface area contributed by atoms with E-state index in [0.29, 0.717) is 16.5 Å². The Hall–Kier alpha value is -2.15. The number of nitrogens with one attached hydrogen (secondary N) is 1. The van der Waals surface area contributed by atoms with Gasteiger partial charge in [0.2, 0.25) is 5.91 Å². The van der Waals surface area contributed by atoms with Crippen molar-refractivity contribution in [2.24, 2.45) is 29.6 Å². The van der Waals surface area contributed by atoms with Gasteiger partial charge in [0.1, 0.15) is 5.00 Å². The minimum absolute atomic E-state index is 0.0313. The van der Waals surface area contributed by atoms with Crippen LogP contribution >= 0.6 is 11.3 Å². The van der Waals surface area contributed by atoms with Crippen molar-refractivity contribution in [2.45, 2.75) is 66.2 Å². The zero-order chi connectivity index (χ0) is 23.2. The summed E-state index contributed by atoms with van der Waals surface area (Å²) in [6, 6.07) is 0. The second-order valence-corrected chi connectivity index (χ2v) is 10.7. The summed E-state index contributed by atoms with van der Waals surface area (Å²) < 4.78 is 5.33. The maximum atomic E-state index is 13.5. The molecule has 0 unspecified atom stereocenters. The van der Waals surface area contributed by atoms with Gasteiger partial charge in [0, 0.05) is 4.88 Å². The summed E-state index contributed by atoms with van der Waals surface area (Å²) in [6.07, 6.45) is 5.50. The molecule has 2 N–H and O–H groups in total. The number of aliphatic carboxylic acids is 1. The number of hydrogen-bond acceptors (Lipinski definition) is 5. The molecule has 1 heterocycles. The second kappa shape index (κ2) is 9.00. The minimum Gasteiger partial charge on any atom is -0.481 e. The summed E-state index contributed by atoms with van der Waals surface area (Å²) in [5.41, 5.74) is 3.76. The van der Waals surface area contributed by atoms with E-state index in [1.54, 1.807) is 6.92 Å². The van der Waals surface area contributed by atoms with Crippen LogP contribution in [0, 0.1) is 29.6 Å². The van der Waals surface area contributed by atoms with Crippen molar-refractivity contribution in [3.8, 4) is 0 Å². The molecule has 2 saturated carbocycles. The van der Waals surface area contributed by atoms with Gasteiger partial charge in [-0.15, -0.1) is 11.3 Å². The average Bonchev–Trinajstić information content (AvgIpc) is 3.42. The van der Waals surface area contributed by atoms with Crippen LogP contribution in [0.2, 0.25) is 0 Å². The fourth-order valence-corrected chi connectivity index (χ4v) is 7.66. The molecule has 0 aromatic carbocycles. The first-order valence-corrected chi connectivity index (χ1v) is 12.6. The Morgan fingerprint density at radius 1 is 1.09 bits per heavy atom. The summed E-state index contributed by atoms with van der Waals surface area (Å²) in [6.45, 7) is 8.24. The van der Waals surface area contributed by atoms with Crippen LogP contribution in [0.3, 0.4) is 0 Å². The van der Waals surface area contributed by atoms with E-state index in [-0.39, 0.29) is 24.3 Å². The highest BCUT2D eigenvalue weighted by Gasteiger charge is 2.57. The number of carbonyl (C=O) groups is 3. The van der Waals surface area contributed by atoms with Gasteiger partial charge < -0.3 is 15.2 Å². The van der Waals surface area contributed by atoms with Crippen LogP contribution in [0.4, 0.5) is 5.00 Å². The zero-order valence-corrected chi connectivity index (χ0v) is 20.1. The molecule has 3 aliphatic rings. The molecule has 6 nitrogen and oxygen atoms in total. The first-order chi connectivity index (χ1) is 15.3. The Balaban J connectivity index is 1.67. The Labute approximate surface area is 193 Å². The lowest BCUT2D eigenvalue weighted by Crippen LogP contribution is -2.38. The monoisotopic (exact) mass is 459 g/mol. The van der Waals surface area contributed by atoms with Gasteiger partial charge in [-0.25, -0.2) is 4.79 Å². The van der Waals surface area contributed by atoms with Crippen molar-refractivity contribution in [3.63, 3.8) is 0 Å². The molecule has 1 aromatic heterocycles. The number of esters is 1. The number of carboxylic acids is 1. The third kappa shape index (κ3) is 3.78. The standard InChI is InChI=1S/C25H33NO5S/c1-5-13-7-8-14-17(11-13)32-23(21(14)25(30)31-6-2)26-22(27)19-15-9-10-16(18(15)12(3)4)20(19)24(28)29/h13,15-16,19-20H,5-11H2,1-4H3,(H,26,27)(H,28,29)/t13-,15-,16+,19+,20+/m1/s1. The van der Waals surface area contributed by atoms with Crippen LogP contribution < -0.4 is 5.32 Å². The van der Waals surface area contributed by atoms with Crippen LogP contribution in [0.1, 0.15) is 74.2 Å². The van der Waals surface area contributed by atoms with Gasteiger partial charge in [0.25, 0.3) is 0 Å². The van der Waals surface area contributed by atoms with E-state index < -0.39 is 23.8 Å². The SMILES string of the molecule is CCOC(=O)c1c(NC(=O)[C@@H]2[C@@H](C(=O)O)[C@H]3CC[C@@H]2C3=C(C)C)sc2c1CC[C@@H](CC)C2. The second-order valence-electron chi connectivity index (χ2n) is 9.57. The van der Waals surface area contributed by atoms with Gasteiger partial charge in [0.05, 0.1) is 24.0 Å². The number of carbonyl (C=O) groups excluding carboxylic acids is 2. The van der Waals surface area contributed by atoms with Crippen molar-refractivity contribution in [3.05, 3.63) is 27.2 Å². The fraction of sp³-hybridized carbons (Fsp3) is 0.640. The number of fused-ring (bicyclic) bond motifs is 3. The molecule has 2 fully saturated rings. The van der Waals surface area contributed by atoms with E-state index in [9.17, 15) is 19.5 Å². The Bertz CT molecular complexity index is 973. The van der Waals surface area contributed by atoms with Gasteiger partial charge in [-0.1, -0.05) is 24.5 Å². The molecule has 32 heavy (non-hydrogen) atoms. The summed E-state index contributed by atoms with van der Waals surface area (Å²) in [4.78, 5) is 39.6. The molecule has 4 rings (SSSR count). The topological polar surface area (TPSA) is 92.7 Å². The maximum absolute atomic E-state index is 13.5. The van der Waals surface area contributed by atoms with Crippen molar-refractivity contribution >= 4 is 34.2 Å². The summed E-state index contributed by atoms with van der Waals surface area (Å²) in [7, 11) is 0. The van der Waals surface area contributed by atoms with Gasteiger partial charge >= 0.3 is 11.9 Å². The molecule has 0 radical (unpaired) electrons. The number of thiophene rings is 1. The molecule has 5 atom stereocenters. The third-order valence-corrected chi connectivity index (χ3v) is 8.84. The van der Waals surface area contributed by atoms with Crippen molar-refractivity contribution in [1.29, 1.82) is 0 Å². The van der Waals surface area contributed by atoms with Crippen LogP contribution in [-0.4, -0.2) is 29.6 Å². The number of hydrogen-bond donors (Lipinski definition) is 2. The average molecular weight is 460 g/mol. The van der Waals surface area contributed by atoms with Crippen LogP contribution in [0.15, 0.2) is 11.1 Å². The van der Waals surface area contributed by atoms with Crippen molar-refractivity contribution in [1.82, 2.24) is 0 Å². The predicted molar refractivity (Wildman–Crippen MR) is 124 cm³/mol. The number of anilines is 1. The van der Waals surface area contributed by atoms with Crippen LogP contribution in [-0.2, 0) is 27.2 Å². The lowest BCUT2D eigenvalue weighted by Gasteiger charge is -2.26. The Kier molecular flexibility index (Phi) is 6.48. The highest BCUT2D eigenvalue weighted by Crippen LogP contribution is 2.57. The minimum atomic E-state index is -0.905. The molecule has 1 amide bonds. The highest BCUT2D eigenvalue weighted by atomic mass is 32.1. The number of ether oxygens (including phenoxy) is 1. The molecular weight excluding hydrogens is 426 g/mol. The third-order valence-electron chi connectivity index (χ3n) is 7.67. The molecule has 0 saturated heterocycles.